The van der Waals surface area contributed by atoms with Crippen LogP contribution in [0.15, 0.2) is 12.1 Å². The quantitative estimate of drug-likeness (QED) is 0.741. The maximum atomic E-state index is 11.4. The molecule has 0 saturated heterocycles. The number of nitrogen functional groups attached to an aromatic ring is 1. The molecule has 7 heteroatoms. The van der Waals surface area contributed by atoms with Gasteiger partial charge in [-0.05, 0) is 13.0 Å². The first-order chi connectivity index (χ1) is 8.63. The first-order valence-corrected chi connectivity index (χ1v) is 6.24. The van der Waals surface area contributed by atoms with Crippen molar-refractivity contribution in [2.75, 3.05) is 24.7 Å². The van der Waals surface area contributed by atoms with E-state index in [0.29, 0.717) is 28.6 Å². The van der Waals surface area contributed by atoms with Crippen molar-refractivity contribution in [3.8, 4) is 5.75 Å². The normalized spacial score (nSPS) is 10.3. The number of fused-ring (bicyclic) bond motifs is 1. The molecule has 18 heavy (non-hydrogen) atoms. The number of hydrogen-bond acceptors (Lipinski definition) is 5. The molecule has 0 unspecified atom stereocenters. The highest BCUT2D eigenvalue weighted by Crippen LogP contribution is 2.34. The summed E-state index contributed by atoms with van der Waals surface area (Å²) in [5.41, 5.74) is 7.06. The Kier molecular flexibility index (Phi) is 3.52. The van der Waals surface area contributed by atoms with Crippen LogP contribution in [0, 0.1) is 0 Å². The number of carbonyl (C=O) groups is 1. The molecule has 2 aromatic rings. The standard InChI is InChI=1S/C11H14N4O2S/c1-3-13-10(16)15-11-14-9-7(17-2)4-6(12)5-8(9)18-11/h4-5H,3,12H2,1-2H3,(H2,13,14,15,16). The number of aromatic nitrogens is 1. The molecule has 0 aliphatic carbocycles. The van der Waals surface area contributed by atoms with Crippen LogP contribution in [0.1, 0.15) is 6.92 Å². The largest absolute Gasteiger partial charge is 0.494 e. The number of benzene rings is 1. The molecule has 1 aromatic carbocycles. The van der Waals surface area contributed by atoms with E-state index in [0.717, 1.165) is 4.70 Å². The van der Waals surface area contributed by atoms with Crippen LogP contribution >= 0.6 is 11.3 Å². The summed E-state index contributed by atoms with van der Waals surface area (Å²) in [6.45, 7) is 2.41. The Morgan fingerprint density at radius 3 is 3.00 bits per heavy atom. The predicted octanol–water partition coefficient (Wildman–Crippen LogP) is 2.03. The Labute approximate surface area is 108 Å². The molecule has 0 aliphatic heterocycles. The van der Waals surface area contributed by atoms with Crippen molar-refractivity contribution in [1.29, 1.82) is 0 Å². The summed E-state index contributed by atoms with van der Waals surface area (Å²) in [7, 11) is 1.56. The maximum Gasteiger partial charge on any atom is 0.321 e. The third kappa shape index (κ3) is 2.45. The number of methoxy groups -OCH3 is 1. The van der Waals surface area contributed by atoms with E-state index >= 15 is 0 Å². The van der Waals surface area contributed by atoms with Gasteiger partial charge in [-0.25, -0.2) is 9.78 Å². The number of urea groups is 1. The van der Waals surface area contributed by atoms with Crippen molar-refractivity contribution < 1.29 is 9.53 Å². The Hall–Kier alpha value is -2.02. The SMILES string of the molecule is CCNC(=O)Nc1nc2c(OC)cc(N)cc2s1. The maximum absolute atomic E-state index is 11.4. The van der Waals surface area contributed by atoms with E-state index in [1.165, 1.54) is 11.3 Å². The number of nitrogens with zero attached hydrogens (tertiary/aromatic N) is 1. The molecular weight excluding hydrogens is 252 g/mol. The third-order valence-corrected chi connectivity index (χ3v) is 3.18. The molecular formula is C11H14N4O2S. The second-order valence-electron chi connectivity index (χ2n) is 3.57. The van der Waals surface area contributed by atoms with Crippen LogP contribution < -0.4 is 21.1 Å². The number of nitrogens with one attached hydrogen (secondary N) is 2. The Bertz CT molecular complexity index is 582. The lowest BCUT2D eigenvalue weighted by atomic mass is 10.3. The van der Waals surface area contributed by atoms with Crippen molar-refractivity contribution in [2.24, 2.45) is 0 Å². The number of carbonyl (C=O) groups excluding carboxylic acids is 1. The van der Waals surface area contributed by atoms with E-state index in [1.54, 1.807) is 19.2 Å². The molecule has 4 N–H and O–H groups in total. The zero-order chi connectivity index (χ0) is 13.1. The van der Waals surface area contributed by atoms with E-state index < -0.39 is 0 Å². The molecule has 2 amide bonds. The third-order valence-electron chi connectivity index (χ3n) is 2.26. The van der Waals surface area contributed by atoms with Crippen LogP contribution in [0.2, 0.25) is 0 Å². The number of ether oxygens (including phenoxy) is 1. The van der Waals surface area contributed by atoms with Crippen LogP contribution in [0.4, 0.5) is 15.6 Å². The van der Waals surface area contributed by atoms with Crippen molar-refractivity contribution in [2.45, 2.75) is 6.92 Å². The van der Waals surface area contributed by atoms with Gasteiger partial charge in [0.1, 0.15) is 11.3 Å². The number of amides is 2. The summed E-state index contributed by atoms with van der Waals surface area (Å²) in [6.07, 6.45) is 0. The molecule has 96 valence electrons. The van der Waals surface area contributed by atoms with E-state index in [4.69, 9.17) is 10.5 Å². The number of rotatable bonds is 3. The molecule has 0 atom stereocenters. The molecule has 6 nitrogen and oxygen atoms in total. The van der Waals surface area contributed by atoms with Crippen molar-refractivity contribution >= 4 is 38.4 Å². The van der Waals surface area contributed by atoms with Gasteiger partial charge in [-0.15, -0.1) is 0 Å². The van der Waals surface area contributed by atoms with Gasteiger partial charge in [0.15, 0.2) is 5.13 Å². The second kappa shape index (κ2) is 5.09. The first kappa shape index (κ1) is 12.4. The van der Waals surface area contributed by atoms with Gasteiger partial charge in [0.05, 0.1) is 11.8 Å². The summed E-state index contributed by atoms with van der Waals surface area (Å²) in [4.78, 5) is 15.7. The summed E-state index contributed by atoms with van der Waals surface area (Å²) in [5, 5.41) is 5.82. The van der Waals surface area contributed by atoms with Crippen LogP contribution in [0.25, 0.3) is 10.2 Å². The lowest BCUT2D eigenvalue weighted by molar-refractivity contribution is 0.252. The Morgan fingerprint density at radius 1 is 1.56 bits per heavy atom. The Balaban J connectivity index is 2.35. The number of anilines is 2. The first-order valence-electron chi connectivity index (χ1n) is 5.43. The topological polar surface area (TPSA) is 89.3 Å². The highest BCUT2D eigenvalue weighted by atomic mass is 32.1. The van der Waals surface area contributed by atoms with Gasteiger partial charge < -0.3 is 15.8 Å². The van der Waals surface area contributed by atoms with Gasteiger partial charge >= 0.3 is 6.03 Å². The zero-order valence-corrected chi connectivity index (χ0v) is 10.9. The molecule has 0 saturated carbocycles. The zero-order valence-electron chi connectivity index (χ0n) is 10.1. The summed E-state index contributed by atoms with van der Waals surface area (Å²) < 4.78 is 6.08. The number of thiazole rings is 1. The van der Waals surface area contributed by atoms with E-state index in [2.05, 4.69) is 15.6 Å². The highest BCUT2D eigenvalue weighted by molar-refractivity contribution is 7.22. The van der Waals surface area contributed by atoms with E-state index in [1.807, 2.05) is 6.92 Å². The summed E-state index contributed by atoms with van der Waals surface area (Å²) in [6, 6.07) is 3.24. The fourth-order valence-electron chi connectivity index (χ4n) is 1.53. The summed E-state index contributed by atoms with van der Waals surface area (Å²) in [5.74, 6) is 0.602. The molecule has 0 bridgehead atoms. The van der Waals surface area contributed by atoms with Crippen LogP contribution in [-0.4, -0.2) is 24.7 Å². The molecule has 1 aromatic heterocycles. The predicted molar refractivity (Wildman–Crippen MR) is 73.3 cm³/mol. The van der Waals surface area contributed by atoms with Gasteiger partial charge in [0.25, 0.3) is 0 Å². The smallest absolute Gasteiger partial charge is 0.321 e. The van der Waals surface area contributed by atoms with E-state index in [-0.39, 0.29) is 6.03 Å². The molecule has 0 radical (unpaired) electrons. The van der Waals surface area contributed by atoms with Gasteiger partial charge in [-0.2, -0.15) is 0 Å². The van der Waals surface area contributed by atoms with Crippen LogP contribution in [0.3, 0.4) is 0 Å². The monoisotopic (exact) mass is 266 g/mol. The minimum Gasteiger partial charge on any atom is -0.494 e. The van der Waals surface area contributed by atoms with E-state index in [9.17, 15) is 4.79 Å². The minimum atomic E-state index is -0.275. The number of nitrogens with two attached hydrogens (primary N) is 1. The Morgan fingerprint density at radius 2 is 2.33 bits per heavy atom. The average molecular weight is 266 g/mol. The summed E-state index contributed by atoms with van der Waals surface area (Å²) >= 11 is 1.35. The lowest BCUT2D eigenvalue weighted by Gasteiger charge is -2.01. The fourth-order valence-corrected chi connectivity index (χ4v) is 2.46. The van der Waals surface area contributed by atoms with Gasteiger partial charge in [0, 0.05) is 18.3 Å². The van der Waals surface area contributed by atoms with Crippen molar-refractivity contribution in [3.05, 3.63) is 12.1 Å². The molecule has 0 spiro atoms. The molecule has 2 rings (SSSR count). The second-order valence-corrected chi connectivity index (χ2v) is 4.60. The van der Waals surface area contributed by atoms with Crippen molar-refractivity contribution in [1.82, 2.24) is 10.3 Å². The van der Waals surface area contributed by atoms with Gasteiger partial charge in [-0.3, -0.25) is 5.32 Å². The lowest BCUT2D eigenvalue weighted by Crippen LogP contribution is -2.28. The van der Waals surface area contributed by atoms with Crippen LogP contribution in [-0.2, 0) is 0 Å². The van der Waals surface area contributed by atoms with Crippen molar-refractivity contribution in [3.63, 3.8) is 0 Å². The molecule has 0 fully saturated rings. The van der Waals surface area contributed by atoms with Gasteiger partial charge in [-0.1, -0.05) is 11.3 Å². The average Bonchev–Trinajstić information content (AvgIpc) is 2.70. The fraction of sp³-hybridized carbons (Fsp3) is 0.273. The van der Waals surface area contributed by atoms with Gasteiger partial charge in [0.2, 0.25) is 0 Å². The van der Waals surface area contributed by atoms with Crippen LogP contribution in [0.5, 0.6) is 5.75 Å². The number of hydrogen-bond donors (Lipinski definition) is 3. The molecule has 1 heterocycles. The molecule has 0 aliphatic rings. The minimum absolute atomic E-state index is 0.275. The highest BCUT2D eigenvalue weighted by Gasteiger charge is 2.11.